The lowest BCUT2D eigenvalue weighted by atomic mass is 10.3. The molecule has 5 nitrogen and oxygen atoms in total. The Balaban J connectivity index is 2.84. The summed E-state index contributed by atoms with van der Waals surface area (Å²) in [7, 11) is 0. The third-order valence-corrected chi connectivity index (χ3v) is 2.68. The Morgan fingerprint density at radius 2 is 2.38 bits per heavy atom. The number of aromatic nitrogens is 2. The fourth-order valence-electron chi connectivity index (χ4n) is 1.19. The highest BCUT2D eigenvalue weighted by Crippen LogP contribution is 2.02. The van der Waals surface area contributed by atoms with Gasteiger partial charge in [-0.2, -0.15) is 5.10 Å². The molecule has 0 aliphatic carbocycles. The van der Waals surface area contributed by atoms with Gasteiger partial charge in [-0.3, -0.25) is 9.59 Å². The molecule has 1 aromatic rings. The number of carbonyl (C=O) groups excluding carboxylic acids is 1. The molecule has 0 aliphatic rings. The minimum absolute atomic E-state index is 0.183. The second kappa shape index (κ2) is 5.97. The molecule has 0 saturated carbocycles. The molecule has 1 unspecified atom stereocenters. The zero-order valence-electron chi connectivity index (χ0n) is 9.24. The Hall–Kier alpha value is -0.920. The maximum absolute atomic E-state index is 11.6. The van der Waals surface area contributed by atoms with Crippen LogP contribution in [0, 0.1) is 3.57 Å². The number of hydrogen-bond donors (Lipinski definition) is 1. The van der Waals surface area contributed by atoms with Crippen LogP contribution in [-0.4, -0.2) is 22.2 Å². The van der Waals surface area contributed by atoms with Crippen molar-refractivity contribution in [1.82, 2.24) is 15.1 Å². The van der Waals surface area contributed by atoms with E-state index < -0.39 is 6.04 Å². The zero-order valence-corrected chi connectivity index (χ0v) is 11.4. The molecule has 1 atom stereocenters. The standard InChI is InChI=1S/C10H14IN3O2/c1-3-4-12-10(16)7(2)14-9(15)5-8(11)6-13-14/h5-7H,3-4H2,1-2H3,(H,12,16). The fourth-order valence-corrected chi connectivity index (χ4v) is 1.58. The van der Waals surface area contributed by atoms with Crippen molar-refractivity contribution in [3.05, 3.63) is 26.2 Å². The third kappa shape index (κ3) is 3.29. The quantitative estimate of drug-likeness (QED) is 0.833. The highest BCUT2D eigenvalue weighted by atomic mass is 127. The van der Waals surface area contributed by atoms with Crippen LogP contribution < -0.4 is 10.9 Å². The Bertz CT molecular complexity index is 430. The smallest absolute Gasteiger partial charge is 0.268 e. The number of nitrogens with zero attached hydrogens (tertiary/aromatic N) is 2. The van der Waals surface area contributed by atoms with Gasteiger partial charge in [-0.25, -0.2) is 4.68 Å². The van der Waals surface area contributed by atoms with Crippen LogP contribution in [0.15, 0.2) is 17.1 Å². The molecule has 1 amide bonds. The van der Waals surface area contributed by atoms with E-state index in [0.29, 0.717) is 6.54 Å². The molecule has 0 radical (unpaired) electrons. The van der Waals surface area contributed by atoms with E-state index in [9.17, 15) is 9.59 Å². The van der Waals surface area contributed by atoms with Gasteiger partial charge < -0.3 is 5.32 Å². The van der Waals surface area contributed by atoms with E-state index in [1.54, 1.807) is 13.1 Å². The van der Waals surface area contributed by atoms with Crippen LogP contribution in [0.3, 0.4) is 0 Å². The summed E-state index contributed by atoms with van der Waals surface area (Å²) in [5.74, 6) is -0.183. The van der Waals surface area contributed by atoms with Gasteiger partial charge in [0.25, 0.3) is 5.56 Å². The van der Waals surface area contributed by atoms with E-state index in [1.165, 1.54) is 10.7 Å². The van der Waals surface area contributed by atoms with Gasteiger partial charge in [-0.1, -0.05) is 6.92 Å². The first-order valence-corrected chi connectivity index (χ1v) is 6.16. The van der Waals surface area contributed by atoms with Crippen molar-refractivity contribution >= 4 is 28.5 Å². The lowest BCUT2D eigenvalue weighted by Gasteiger charge is -2.13. The second-order valence-electron chi connectivity index (χ2n) is 3.42. The van der Waals surface area contributed by atoms with E-state index in [0.717, 1.165) is 9.99 Å². The second-order valence-corrected chi connectivity index (χ2v) is 4.67. The molecule has 1 heterocycles. The van der Waals surface area contributed by atoms with Crippen LogP contribution in [0.2, 0.25) is 0 Å². The Kier molecular flexibility index (Phi) is 4.91. The van der Waals surface area contributed by atoms with Crippen molar-refractivity contribution in [3.8, 4) is 0 Å². The van der Waals surface area contributed by atoms with E-state index >= 15 is 0 Å². The molecule has 88 valence electrons. The van der Waals surface area contributed by atoms with Gasteiger partial charge in [0.05, 0.1) is 6.20 Å². The van der Waals surface area contributed by atoms with Crippen molar-refractivity contribution in [2.75, 3.05) is 6.54 Å². The number of carbonyl (C=O) groups is 1. The van der Waals surface area contributed by atoms with Crippen LogP contribution in [0.5, 0.6) is 0 Å². The lowest BCUT2D eigenvalue weighted by Crippen LogP contribution is -2.37. The summed E-state index contributed by atoms with van der Waals surface area (Å²) in [5.41, 5.74) is -0.258. The maximum atomic E-state index is 11.6. The number of amides is 1. The molecular formula is C10H14IN3O2. The Morgan fingerprint density at radius 3 is 2.94 bits per heavy atom. The summed E-state index contributed by atoms with van der Waals surface area (Å²) < 4.78 is 1.95. The largest absolute Gasteiger partial charge is 0.354 e. The summed E-state index contributed by atoms with van der Waals surface area (Å²) >= 11 is 2.01. The molecule has 0 aromatic carbocycles. The first kappa shape index (κ1) is 13.1. The predicted octanol–water partition coefficient (Wildman–Crippen LogP) is 0.935. The normalized spacial score (nSPS) is 12.2. The number of halogens is 1. The van der Waals surface area contributed by atoms with E-state index in [4.69, 9.17) is 0 Å². The van der Waals surface area contributed by atoms with Gasteiger partial charge in [-0.05, 0) is 35.9 Å². The summed E-state index contributed by atoms with van der Waals surface area (Å²) in [4.78, 5) is 23.2. The molecule has 1 aromatic heterocycles. The van der Waals surface area contributed by atoms with Crippen molar-refractivity contribution in [3.63, 3.8) is 0 Å². The van der Waals surface area contributed by atoms with Crippen molar-refractivity contribution in [2.45, 2.75) is 26.3 Å². The van der Waals surface area contributed by atoms with Crippen LogP contribution >= 0.6 is 22.6 Å². The van der Waals surface area contributed by atoms with Crippen molar-refractivity contribution in [2.24, 2.45) is 0 Å². The predicted molar refractivity (Wildman–Crippen MR) is 69.2 cm³/mol. The zero-order chi connectivity index (χ0) is 12.1. The summed E-state index contributed by atoms with van der Waals surface area (Å²) in [6, 6.07) is 0.882. The molecule has 0 aliphatic heterocycles. The first-order chi connectivity index (χ1) is 7.56. The van der Waals surface area contributed by atoms with Crippen LogP contribution in [0.1, 0.15) is 26.3 Å². The first-order valence-electron chi connectivity index (χ1n) is 5.08. The molecule has 0 spiro atoms. The maximum Gasteiger partial charge on any atom is 0.268 e. The average molecular weight is 335 g/mol. The van der Waals surface area contributed by atoms with E-state index in [1.807, 2.05) is 29.5 Å². The molecule has 1 N–H and O–H groups in total. The van der Waals surface area contributed by atoms with Gasteiger partial charge in [0.15, 0.2) is 0 Å². The molecular weight excluding hydrogens is 321 g/mol. The lowest BCUT2D eigenvalue weighted by molar-refractivity contribution is -0.124. The minimum atomic E-state index is -0.573. The topological polar surface area (TPSA) is 64.0 Å². The monoisotopic (exact) mass is 335 g/mol. The van der Waals surface area contributed by atoms with E-state index in [-0.39, 0.29) is 11.5 Å². The van der Waals surface area contributed by atoms with Gasteiger partial charge in [0.1, 0.15) is 6.04 Å². The Morgan fingerprint density at radius 1 is 1.69 bits per heavy atom. The van der Waals surface area contributed by atoms with Crippen molar-refractivity contribution in [1.29, 1.82) is 0 Å². The van der Waals surface area contributed by atoms with Gasteiger partial charge in [0, 0.05) is 16.2 Å². The molecule has 16 heavy (non-hydrogen) atoms. The van der Waals surface area contributed by atoms with Crippen LogP contribution in [-0.2, 0) is 4.79 Å². The van der Waals surface area contributed by atoms with Crippen molar-refractivity contribution < 1.29 is 4.79 Å². The highest BCUT2D eigenvalue weighted by Gasteiger charge is 2.16. The van der Waals surface area contributed by atoms with E-state index in [2.05, 4.69) is 10.4 Å². The van der Waals surface area contributed by atoms with Crippen LogP contribution in [0.4, 0.5) is 0 Å². The summed E-state index contributed by atoms with van der Waals surface area (Å²) in [6.45, 7) is 4.24. The Labute approximate surface area is 107 Å². The molecule has 0 fully saturated rings. The van der Waals surface area contributed by atoms with Gasteiger partial charge >= 0.3 is 0 Å². The molecule has 0 bridgehead atoms. The number of rotatable bonds is 4. The summed E-state index contributed by atoms with van der Waals surface area (Å²) in [6.07, 6.45) is 2.43. The third-order valence-electron chi connectivity index (χ3n) is 2.09. The van der Waals surface area contributed by atoms with Crippen LogP contribution in [0.25, 0.3) is 0 Å². The molecule has 6 heteroatoms. The SMILES string of the molecule is CCCNC(=O)C(C)n1ncc(I)cc1=O. The minimum Gasteiger partial charge on any atom is -0.354 e. The molecule has 1 rings (SSSR count). The number of hydrogen-bond acceptors (Lipinski definition) is 3. The number of nitrogens with one attached hydrogen (secondary N) is 1. The molecule has 0 saturated heterocycles. The average Bonchev–Trinajstić information content (AvgIpc) is 2.25. The highest BCUT2D eigenvalue weighted by molar-refractivity contribution is 14.1. The van der Waals surface area contributed by atoms with Gasteiger partial charge in [-0.15, -0.1) is 0 Å². The van der Waals surface area contributed by atoms with Gasteiger partial charge in [0.2, 0.25) is 5.91 Å². The summed E-state index contributed by atoms with van der Waals surface area (Å²) in [5, 5.41) is 6.67. The fraction of sp³-hybridized carbons (Fsp3) is 0.500.